The molecule has 0 radical (unpaired) electrons. The van der Waals surface area contributed by atoms with E-state index in [9.17, 15) is 4.79 Å². The minimum atomic E-state index is -0.552. The lowest BCUT2D eigenvalue weighted by molar-refractivity contribution is -0.123. The number of halogens is 2. The molecule has 1 saturated heterocycles. The van der Waals surface area contributed by atoms with Gasteiger partial charge in [0.1, 0.15) is 0 Å². The lowest BCUT2D eigenvalue weighted by Crippen LogP contribution is -2.56. The van der Waals surface area contributed by atoms with Crippen LogP contribution in [0.2, 0.25) is 0 Å². The van der Waals surface area contributed by atoms with Crippen LogP contribution in [0.1, 0.15) is 52.9 Å². The lowest BCUT2D eigenvalue weighted by atomic mass is 9.91. The van der Waals surface area contributed by atoms with E-state index in [4.69, 9.17) is 5.73 Å². The van der Waals surface area contributed by atoms with Gasteiger partial charge < -0.3 is 11.1 Å². The number of piperidine rings is 1. The van der Waals surface area contributed by atoms with E-state index < -0.39 is 5.54 Å². The largest absolute Gasteiger partial charge is 0.353 e. The minimum absolute atomic E-state index is 0. The Kier molecular flexibility index (Phi) is 7.99. The molecule has 2 rings (SSSR count). The van der Waals surface area contributed by atoms with Gasteiger partial charge in [-0.3, -0.25) is 9.69 Å². The molecule has 3 N–H and O–H groups in total. The van der Waals surface area contributed by atoms with Gasteiger partial charge in [-0.1, -0.05) is 13.3 Å². The van der Waals surface area contributed by atoms with Crippen LogP contribution in [0.25, 0.3) is 0 Å². The van der Waals surface area contributed by atoms with Crippen molar-refractivity contribution in [3.8, 4) is 0 Å². The summed E-state index contributed by atoms with van der Waals surface area (Å²) in [5.41, 5.74) is 5.39. The molecular formula is C15H31Cl2N3O. The summed E-state index contributed by atoms with van der Waals surface area (Å²) in [6.07, 6.45) is 5.55. The average molecular weight is 340 g/mol. The summed E-state index contributed by atoms with van der Waals surface area (Å²) in [5.74, 6) is 0.845. The van der Waals surface area contributed by atoms with Gasteiger partial charge in [0.15, 0.2) is 0 Å². The van der Waals surface area contributed by atoms with E-state index in [1.54, 1.807) is 0 Å². The summed E-state index contributed by atoms with van der Waals surface area (Å²) in [6, 6.07) is 0. The Labute approximate surface area is 141 Å². The Morgan fingerprint density at radius 3 is 2.52 bits per heavy atom. The van der Waals surface area contributed by atoms with Crippen molar-refractivity contribution in [3.05, 3.63) is 0 Å². The number of hydrogen-bond acceptors (Lipinski definition) is 3. The third-order valence-corrected chi connectivity index (χ3v) is 4.87. The molecule has 126 valence electrons. The molecule has 21 heavy (non-hydrogen) atoms. The molecule has 0 spiro atoms. The zero-order valence-electron chi connectivity index (χ0n) is 13.5. The van der Waals surface area contributed by atoms with E-state index >= 15 is 0 Å². The fraction of sp³-hybridized carbons (Fsp3) is 0.933. The van der Waals surface area contributed by atoms with Crippen molar-refractivity contribution in [1.29, 1.82) is 0 Å². The van der Waals surface area contributed by atoms with E-state index in [0.29, 0.717) is 6.54 Å². The third kappa shape index (κ3) is 5.27. The van der Waals surface area contributed by atoms with Gasteiger partial charge in [-0.05, 0) is 52.0 Å². The van der Waals surface area contributed by atoms with Crippen LogP contribution >= 0.6 is 24.8 Å². The zero-order chi connectivity index (χ0) is 14.1. The number of rotatable bonds is 5. The Hall–Kier alpha value is -0.0300. The van der Waals surface area contributed by atoms with Gasteiger partial charge in [0.05, 0.1) is 5.54 Å². The van der Waals surface area contributed by atoms with Crippen LogP contribution < -0.4 is 11.1 Å². The van der Waals surface area contributed by atoms with Gasteiger partial charge in [0.25, 0.3) is 0 Å². The Balaban J connectivity index is 0.00000200. The van der Waals surface area contributed by atoms with Crippen LogP contribution in [-0.2, 0) is 4.79 Å². The van der Waals surface area contributed by atoms with E-state index in [-0.39, 0.29) is 36.3 Å². The first-order valence-electron chi connectivity index (χ1n) is 7.69. The molecule has 0 bridgehead atoms. The first-order valence-corrected chi connectivity index (χ1v) is 7.69. The van der Waals surface area contributed by atoms with E-state index in [2.05, 4.69) is 31.0 Å². The number of nitrogens with one attached hydrogen (secondary N) is 1. The van der Waals surface area contributed by atoms with Crippen LogP contribution in [0, 0.1) is 5.92 Å². The SMILES string of the molecule is CCC1CCCN(C(C)(C)CNC(=O)C2(N)CC2)C1.Cl.Cl. The maximum Gasteiger partial charge on any atom is 0.240 e. The van der Waals surface area contributed by atoms with Crippen molar-refractivity contribution in [1.82, 2.24) is 10.2 Å². The fourth-order valence-electron chi connectivity index (χ4n) is 2.89. The molecule has 1 amide bonds. The monoisotopic (exact) mass is 339 g/mol. The molecule has 1 atom stereocenters. The molecule has 1 heterocycles. The highest BCUT2D eigenvalue weighted by Crippen LogP contribution is 2.32. The van der Waals surface area contributed by atoms with E-state index in [1.165, 1.54) is 19.3 Å². The molecule has 6 heteroatoms. The van der Waals surface area contributed by atoms with Crippen LogP contribution in [0.5, 0.6) is 0 Å². The van der Waals surface area contributed by atoms with Gasteiger partial charge in [-0.25, -0.2) is 0 Å². The Morgan fingerprint density at radius 1 is 1.38 bits per heavy atom. The maximum atomic E-state index is 11.9. The predicted molar refractivity (Wildman–Crippen MR) is 92.3 cm³/mol. The van der Waals surface area contributed by atoms with Crippen LogP contribution in [0.3, 0.4) is 0 Å². The van der Waals surface area contributed by atoms with Crippen LogP contribution in [0.4, 0.5) is 0 Å². The second-order valence-corrected chi connectivity index (χ2v) is 7.01. The minimum Gasteiger partial charge on any atom is -0.353 e. The smallest absolute Gasteiger partial charge is 0.240 e. The second kappa shape index (κ2) is 8.00. The molecule has 0 aromatic heterocycles. The van der Waals surface area contributed by atoms with Crippen molar-refractivity contribution in [2.24, 2.45) is 11.7 Å². The van der Waals surface area contributed by atoms with E-state index in [1.807, 2.05) is 0 Å². The molecule has 1 saturated carbocycles. The number of amides is 1. The summed E-state index contributed by atoms with van der Waals surface area (Å²) in [4.78, 5) is 14.5. The van der Waals surface area contributed by atoms with Gasteiger partial charge in [0.2, 0.25) is 5.91 Å². The van der Waals surface area contributed by atoms with Crippen molar-refractivity contribution < 1.29 is 4.79 Å². The number of carbonyl (C=O) groups excluding carboxylic acids is 1. The summed E-state index contributed by atoms with van der Waals surface area (Å²) in [6.45, 7) is 9.72. The van der Waals surface area contributed by atoms with Gasteiger partial charge in [-0.15, -0.1) is 24.8 Å². The molecule has 2 fully saturated rings. The summed E-state index contributed by atoms with van der Waals surface area (Å²) in [5, 5.41) is 3.05. The highest BCUT2D eigenvalue weighted by atomic mass is 35.5. The Bertz CT molecular complexity index is 346. The molecule has 2 aliphatic rings. The van der Waals surface area contributed by atoms with Crippen molar-refractivity contribution >= 4 is 30.7 Å². The first-order chi connectivity index (χ1) is 8.87. The number of hydrogen-bond donors (Lipinski definition) is 2. The Morgan fingerprint density at radius 2 is 2.00 bits per heavy atom. The van der Waals surface area contributed by atoms with Crippen LogP contribution in [-0.4, -0.2) is 41.5 Å². The fourth-order valence-corrected chi connectivity index (χ4v) is 2.89. The molecule has 1 unspecified atom stereocenters. The maximum absolute atomic E-state index is 11.9. The summed E-state index contributed by atoms with van der Waals surface area (Å²) >= 11 is 0. The zero-order valence-corrected chi connectivity index (χ0v) is 15.1. The standard InChI is InChI=1S/C15H29N3O.2ClH/c1-4-12-6-5-9-18(10-12)14(2,3)11-17-13(19)15(16)7-8-15;;/h12H,4-11,16H2,1-3H3,(H,17,19);2*1H. The summed E-state index contributed by atoms with van der Waals surface area (Å²) in [7, 11) is 0. The second-order valence-electron chi connectivity index (χ2n) is 7.01. The molecule has 0 aromatic carbocycles. The molecular weight excluding hydrogens is 309 g/mol. The van der Waals surface area contributed by atoms with Crippen molar-refractivity contribution in [2.75, 3.05) is 19.6 Å². The predicted octanol–water partition coefficient (Wildman–Crippen LogP) is 2.34. The van der Waals surface area contributed by atoms with Crippen molar-refractivity contribution in [3.63, 3.8) is 0 Å². The number of nitrogens with two attached hydrogens (primary N) is 1. The number of likely N-dealkylation sites (tertiary alicyclic amines) is 1. The topological polar surface area (TPSA) is 58.4 Å². The lowest BCUT2D eigenvalue weighted by Gasteiger charge is -2.43. The normalized spacial score (nSPS) is 24.5. The highest BCUT2D eigenvalue weighted by Gasteiger charge is 2.46. The highest BCUT2D eigenvalue weighted by molar-refractivity contribution is 5.89. The molecule has 1 aliphatic carbocycles. The van der Waals surface area contributed by atoms with Gasteiger partial charge in [-0.2, -0.15) is 0 Å². The molecule has 0 aromatic rings. The molecule has 4 nitrogen and oxygen atoms in total. The van der Waals surface area contributed by atoms with Crippen molar-refractivity contribution in [2.45, 2.75) is 64.0 Å². The number of nitrogens with zero attached hydrogens (tertiary/aromatic N) is 1. The quantitative estimate of drug-likeness (QED) is 0.808. The van der Waals surface area contributed by atoms with Gasteiger partial charge >= 0.3 is 0 Å². The number of carbonyl (C=O) groups is 1. The average Bonchev–Trinajstić information content (AvgIpc) is 3.15. The molecule has 1 aliphatic heterocycles. The first kappa shape index (κ1) is 21.0. The summed E-state index contributed by atoms with van der Waals surface area (Å²) < 4.78 is 0. The van der Waals surface area contributed by atoms with Crippen LogP contribution in [0.15, 0.2) is 0 Å². The third-order valence-electron chi connectivity index (χ3n) is 4.87. The van der Waals surface area contributed by atoms with Gasteiger partial charge in [0, 0.05) is 18.6 Å². The van der Waals surface area contributed by atoms with E-state index in [0.717, 1.165) is 31.8 Å².